The van der Waals surface area contributed by atoms with E-state index in [9.17, 15) is 9.18 Å². The van der Waals surface area contributed by atoms with E-state index in [2.05, 4.69) is 5.32 Å². The molecule has 7 heteroatoms. The first kappa shape index (κ1) is 20.4. The van der Waals surface area contributed by atoms with Crippen molar-refractivity contribution < 1.29 is 18.7 Å². The summed E-state index contributed by atoms with van der Waals surface area (Å²) in [5.41, 5.74) is 0.531. The maximum Gasteiger partial charge on any atom is 0.230 e. The molecule has 1 N–H and O–H groups in total. The number of thioether (sulfide) groups is 1. The Kier molecular flexibility index (Phi) is 8.06. The zero-order valence-electron chi connectivity index (χ0n) is 14.6. The second-order valence-corrected chi connectivity index (χ2v) is 7.11. The van der Waals surface area contributed by atoms with Gasteiger partial charge in [-0.15, -0.1) is 11.8 Å². The molecule has 0 saturated heterocycles. The summed E-state index contributed by atoms with van der Waals surface area (Å²) in [6, 6.07) is 11.6. The lowest BCUT2D eigenvalue weighted by molar-refractivity contribution is -0.119. The van der Waals surface area contributed by atoms with Gasteiger partial charge in [-0.1, -0.05) is 17.7 Å². The molecule has 0 aliphatic carbocycles. The summed E-state index contributed by atoms with van der Waals surface area (Å²) in [4.78, 5) is 12.0. The maximum atomic E-state index is 13.7. The summed E-state index contributed by atoms with van der Waals surface area (Å²) in [5.74, 6) is 1.65. The molecule has 0 fully saturated rings. The van der Waals surface area contributed by atoms with E-state index in [0.29, 0.717) is 28.7 Å². The zero-order chi connectivity index (χ0) is 18.9. The van der Waals surface area contributed by atoms with Crippen LogP contribution in [0.1, 0.15) is 12.5 Å². The SMILES string of the molecule is COc1ccc(OC[C@@H](C)NC(=O)CSCc2ccc(Cl)cc2F)cc1. The van der Waals surface area contributed by atoms with E-state index in [-0.39, 0.29) is 23.5 Å². The second kappa shape index (κ2) is 10.3. The highest BCUT2D eigenvalue weighted by molar-refractivity contribution is 7.99. The summed E-state index contributed by atoms with van der Waals surface area (Å²) in [6.45, 7) is 2.22. The Labute approximate surface area is 162 Å². The third-order valence-corrected chi connectivity index (χ3v) is 4.69. The van der Waals surface area contributed by atoms with Crippen LogP contribution in [-0.4, -0.2) is 31.4 Å². The minimum absolute atomic E-state index is 0.116. The van der Waals surface area contributed by atoms with Crippen LogP contribution in [0.3, 0.4) is 0 Å². The van der Waals surface area contributed by atoms with Gasteiger partial charge in [0.2, 0.25) is 5.91 Å². The van der Waals surface area contributed by atoms with Gasteiger partial charge in [0, 0.05) is 10.8 Å². The zero-order valence-corrected chi connectivity index (χ0v) is 16.2. The molecule has 2 aromatic rings. The molecule has 0 radical (unpaired) electrons. The molecule has 0 aliphatic heterocycles. The van der Waals surface area contributed by atoms with Crippen molar-refractivity contribution in [2.75, 3.05) is 19.5 Å². The Morgan fingerprint density at radius 3 is 2.58 bits per heavy atom. The Bertz CT molecular complexity index is 727. The predicted octanol–water partition coefficient (Wildman–Crippen LogP) is 4.30. The molecule has 0 saturated carbocycles. The number of carbonyl (C=O) groups excluding carboxylic acids is 1. The van der Waals surface area contributed by atoms with Gasteiger partial charge in [0.05, 0.1) is 18.9 Å². The Balaban J connectivity index is 1.67. The van der Waals surface area contributed by atoms with Gasteiger partial charge in [-0.3, -0.25) is 4.79 Å². The lowest BCUT2D eigenvalue weighted by atomic mass is 10.2. The van der Waals surface area contributed by atoms with E-state index in [0.717, 1.165) is 5.75 Å². The molecule has 0 spiro atoms. The molecule has 4 nitrogen and oxygen atoms in total. The lowest BCUT2D eigenvalue weighted by Gasteiger charge is -2.15. The number of hydrogen-bond donors (Lipinski definition) is 1. The fraction of sp³-hybridized carbons (Fsp3) is 0.316. The second-order valence-electron chi connectivity index (χ2n) is 5.68. The van der Waals surface area contributed by atoms with Gasteiger partial charge in [-0.25, -0.2) is 4.39 Å². The highest BCUT2D eigenvalue weighted by Gasteiger charge is 2.10. The molecule has 0 aliphatic rings. The lowest BCUT2D eigenvalue weighted by Crippen LogP contribution is -2.37. The third kappa shape index (κ3) is 6.77. The predicted molar refractivity (Wildman–Crippen MR) is 104 cm³/mol. The molecular formula is C19H21ClFNO3S. The van der Waals surface area contributed by atoms with Crippen molar-refractivity contribution >= 4 is 29.3 Å². The quantitative estimate of drug-likeness (QED) is 0.685. The van der Waals surface area contributed by atoms with Gasteiger partial charge in [0.25, 0.3) is 0 Å². The Morgan fingerprint density at radius 2 is 1.92 bits per heavy atom. The molecule has 0 heterocycles. The molecule has 0 aromatic heterocycles. The number of nitrogens with one attached hydrogen (secondary N) is 1. The Morgan fingerprint density at radius 1 is 1.23 bits per heavy atom. The molecule has 0 unspecified atom stereocenters. The molecule has 2 aromatic carbocycles. The first-order valence-electron chi connectivity index (χ1n) is 8.06. The molecular weight excluding hydrogens is 377 g/mol. The van der Waals surface area contributed by atoms with Crippen molar-refractivity contribution in [2.24, 2.45) is 0 Å². The van der Waals surface area contributed by atoms with Crippen LogP contribution in [-0.2, 0) is 10.5 Å². The van der Waals surface area contributed by atoms with E-state index in [1.807, 2.05) is 31.2 Å². The molecule has 140 valence electrons. The summed E-state index contributed by atoms with van der Waals surface area (Å²) in [7, 11) is 1.60. The fourth-order valence-electron chi connectivity index (χ4n) is 2.14. The van der Waals surface area contributed by atoms with E-state index < -0.39 is 0 Å². The highest BCUT2D eigenvalue weighted by atomic mass is 35.5. The van der Waals surface area contributed by atoms with Crippen LogP contribution in [0.5, 0.6) is 11.5 Å². The van der Waals surface area contributed by atoms with Crippen LogP contribution in [0, 0.1) is 5.82 Å². The van der Waals surface area contributed by atoms with Gasteiger partial charge in [-0.2, -0.15) is 0 Å². The van der Waals surface area contributed by atoms with Crippen molar-refractivity contribution in [1.82, 2.24) is 5.32 Å². The largest absolute Gasteiger partial charge is 0.497 e. The highest BCUT2D eigenvalue weighted by Crippen LogP contribution is 2.19. The monoisotopic (exact) mass is 397 g/mol. The summed E-state index contributed by atoms with van der Waals surface area (Å²) < 4.78 is 24.4. The number of ether oxygens (including phenoxy) is 2. The van der Waals surface area contributed by atoms with E-state index in [1.165, 1.54) is 17.8 Å². The van der Waals surface area contributed by atoms with Gasteiger partial charge in [0.1, 0.15) is 23.9 Å². The van der Waals surface area contributed by atoms with Crippen molar-refractivity contribution in [3.63, 3.8) is 0 Å². The number of methoxy groups -OCH3 is 1. The standard InChI is InChI=1S/C19H21ClFNO3S/c1-13(10-25-17-7-5-16(24-2)6-8-17)22-19(23)12-26-11-14-3-4-15(20)9-18(14)21/h3-9,13H,10-12H2,1-2H3,(H,22,23)/t13-/m1/s1. The summed E-state index contributed by atoms with van der Waals surface area (Å²) >= 11 is 7.06. The van der Waals surface area contributed by atoms with Crippen LogP contribution in [0.2, 0.25) is 5.02 Å². The molecule has 0 bridgehead atoms. The molecule has 1 atom stereocenters. The first-order valence-corrected chi connectivity index (χ1v) is 9.59. The number of rotatable bonds is 9. The number of carbonyl (C=O) groups is 1. The minimum Gasteiger partial charge on any atom is -0.497 e. The summed E-state index contributed by atoms with van der Waals surface area (Å²) in [6.07, 6.45) is 0. The van der Waals surface area contributed by atoms with Crippen LogP contribution < -0.4 is 14.8 Å². The number of benzene rings is 2. The van der Waals surface area contributed by atoms with Crippen molar-refractivity contribution in [3.05, 3.63) is 58.9 Å². The third-order valence-electron chi connectivity index (χ3n) is 3.47. The van der Waals surface area contributed by atoms with E-state index >= 15 is 0 Å². The van der Waals surface area contributed by atoms with Crippen molar-refractivity contribution in [3.8, 4) is 11.5 Å². The maximum absolute atomic E-state index is 13.7. The normalized spacial score (nSPS) is 11.7. The van der Waals surface area contributed by atoms with Gasteiger partial charge in [0.15, 0.2) is 0 Å². The van der Waals surface area contributed by atoms with Crippen LogP contribution >= 0.6 is 23.4 Å². The van der Waals surface area contributed by atoms with Gasteiger partial charge >= 0.3 is 0 Å². The average molecular weight is 398 g/mol. The van der Waals surface area contributed by atoms with Gasteiger partial charge in [-0.05, 0) is 48.9 Å². The Hall–Kier alpha value is -1.92. The minimum atomic E-state index is -0.355. The first-order chi connectivity index (χ1) is 12.5. The number of hydrogen-bond acceptors (Lipinski definition) is 4. The number of amides is 1. The summed E-state index contributed by atoms with van der Waals surface area (Å²) in [5, 5.41) is 3.22. The van der Waals surface area contributed by atoms with E-state index in [1.54, 1.807) is 19.2 Å². The van der Waals surface area contributed by atoms with Crippen molar-refractivity contribution in [2.45, 2.75) is 18.7 Å². The van der Waals surface area contributed by atoms with E-state index in [4.69, 9.17) is 21.1 Å². The number of halogens is 2. The van der Waals surface area contributed by atoms with Gasteiger partial charge < -0.3 is 14.8 Å². The fourth-order valence-corrected chi connectivity index (χ4v) is 3.13. The van der Waals surface area contributed by atoms with Crippen LogP contribution in [0.4, 0.5) is 4.39 Å². The molecule has 2 rings (SSSR count). The van der Waals surface area contributed by atoms with Crippen LogP contribution in [0.25, 0.3) is 0 Å². The average Bonchev–Trinajstić information content (AvgIpc) is 2.62. The van der Waals surface area contributed by atoms with Crippen LogP contribution in [0.15, 0.2) is 42.5 Å². The smallest absolute Gasteiger partial charge is 0.230 e. The molecule has 26 heavy (non-hydrogen) atoms. The topological polar surface area (TPSA) is 47.6 Å². The van der Waals surface area contributed by atoms with Crippen molar-refractivity contribution in [1.29, 1.82) is 0 Å². The molecule has 1 amide bonds.